The summed E-state index contributed by atoms with van der Waals surface area (Å²) in [4.78, 5) is 0.241. The van der Waals surface area contributed by atoms with Crippen molar-refractivity contribution < 1.29 is 13.2 Å². The fourth-order valence-corrected chi connectivity index (χ4v) is 5.07. The van der Waals surface area contributed by atoms with Crippen molar-refractivity contribution in [2.75, 3.05) is 32.1 Å². The van der Waals surface area contributed by atoms with Crippen molar-refractivity contribution in [3.05, 3.63) is 54.1 Å². The number of anilines is 1. The van der Waals surface area contributed by atoms with Gasteiger partial charge in [0.25, 0.3) is 0 Å². The maximum atomic E-state index is 12.9. The van der Waals surface area contributed by atoms with E-state index in [4.69, 9.17) is 17.0 Å². The van der Waals surface area contributed by atoms with Gasteiger partial charge in [-0.1, -0.05) is 36.8 Å². The van der Waals surface area contributed by atoms with E-state index in [0.717, 1.165) is 25.7 Å². The van der Waals surface area contributed by atoms with Crippen molar-refractivity contribution in [2.45, 2.75) is 30.6 Å². The molecule has 0 radical (unpaired) electrons. The molecule has 0 aromatic heterocycles. The molecule has 0 amide bonds. The van der Waals surface area contributed by atoms with Crippen molar-refractivity contribution in [3.63, 3.8) is 0 Å². The van der Waals surface area contributed by atoms with E-state index < -0.39 is 10.0 Å². The molecular formula is C21H27N3O3S2. The first-order valence-electron chi connectivity index (χ1n) is 9.77. The quantitative estimate of drug-likeness (QED) is 0.652. The Bertz CT molecular complexity index is 927. The minimum absolute atomic E-state index is 0.241. The molecule has 0 spiro atoms. The molecule has 2 aromatic rings. The third kappa shape index (κ3) is 5.68. The van der Waals surface area contributed by atoms with E-state index in [1.54, 1.807) is 22.5 Å². The van der Waals surface area contributed by atoms with Crippen LogP contribution in [-0.4, -0.2) is 44.6 Å². The van der Waals surface area contributed by atoms with E-state index in [2.05, 4.69) is 22.8 Å². The Labute approximate surface area is 178 Å². The standard InChI is InChI=1S/C21H27N3O3S2/c1-27-20-16-18(29(25,26)24-14-6-3-7-15-24)10-11-19(20)23-21(28)22-13-12-17-8-4-2-5-9-17/h2,4-5,8-11,16H,3,6-7,12-15H2,1H3,(H2,22,23,28). The normalized spacial score (nSPS) is 14.9. The van der Waals surface area contributed by atoms with Crippen molar-refractivity contribution in [1.29, 1.82) is 0 Å². The molecule has 0 bridgehead atoms. The summed E-state index contributed by atoms with van der Waals surface area (Å²) in [5.74, 6) is 0.440. The van der Waals surface area contributed by atoms with Gasteiger partial charge in [0, 0.05) is 25.7 Å². The van der Waals surface area contributed by atoms with E-state index in [-0.39, 0.29) is 4.90 Å². The fraction of sp³-hybridized carbons (Fsp3) is 0.381. The van der Waals surface area contributed by atoms with E-state index in [9.17, 15) is 8.42 Å². The van der Waals surface area contributed by atoms with Crippen molar-refractivity contribution >= 4 is 33.0 Å². The predicted octanol–water partition coefficient (Wildman–Crippen LogP) is 3.40. The van der Waals surface area contributed by atoms with Crippen LogP contribution in [0.15, 0.2) is 53.4 Å². The molecule has 2 aromatic carbocycles. The van der Waals surface area contributed by atoms with Crippen LogP contribution in [0.3, 0.4) is 0 Å². The molecular weight excluding hydrogens is 406 g/mol. The van der Waals surface area contributed by atoms with Crippen LogP contribution in [0.25, 0.3) is 0 Å². The van der Waals surface area contributed by atoms with Gasteiger partial charge in [0.05, 0.1) is 17.7 Å². The molecule has 0 aliphatic carbocycles. The Balaban J connectivity index is 1.63. The third-order valence-corrected chi connectivity index (χ3v) is 7.06. The van der Waals surface area contributed by atoms with Crippen molar-refractivity contribution in [3.8, 4) is 5.75 Å². The van der Waals surface area contributed by atoms with Crippen LogP contribution in [0.4, 0.5) is 5.69 Å². The molecule has 29 heavy (non-hydrogen) atoms. The van der Waals surface area contributed by atoms with Crippen LogP contribution in [0.2, 0.25) is 0 Å². The van der Waals surface area contributed by atoms with Gasteiger partial charge in [0.15, 0.2) is 5.11 Å². The minimum atomic E-state index is -3.51. The van der Waals surface area contributed by atoms with Gasteiger partial charge in [-0.25, -0.2) is 8.42 Å². The minimum Gasteiger partial charge on any atom is -0.495 e. The van der Waals surface area contributed by atoms with Crippen molar-refractivity contribution in [2.24, 2.45) is 0 Å². The SMILES string of the molecule is COc1cc(S(=O)(=O)N2CCCCC2)ccc1NC(=S)NCCc1ccccc1. The second-order valence-electron chi connectivity index (χ2n) is 6.94. The number of nitrogens with zero attached hydrogens (tertiary/aromatic N) is 1. The fourth-order valence-electron chi connectivity index (χ4n) is 3.32. The molecule has 6 nitrogen and oxygen atoms in total. The summed E-state index contributed by atoms with van der Waals surface area (Å²) in [7, 11) is -1.99. The number of piperidine rings is 1. The Morgan fingerprint density at radius 3 is 2.52 bits per heavy atom. The summed E-state index contributed by atoms with van der Waals surface area (Å²) in [6, 6.07) is 15.0. The first kappa shape index (κ1) is 21.5. The predicted molar refractivity (Wildman–Crippen MR) is 120 cm³/mol. The first-order chi connectivity index (χ1) is 14.0. The number of methoxy groups -OCH3 is 1. The molecule has 156 valence electrons. The van der Waals surface area contributed by atoms with Gasteiger partial charge in [-0.2, -0.15) is 4.31 Å². The lowest BCUT2D eigenvalue weighted by Gasteiger charge is -2.26. The number of sulfonamides is 1. The van der Waals surface area contributed by atoms with Gasteiger partial charge in [0.1, 0.15) is 5.75 Å². The molecule has 3 rings (SSSR count). The second-order valence-corrected chi connectivity index (χ2v) is 9.29. The highest BCUT2D eigenvalue weighted by atomic mass is 32.2. The average molecular weight is 434 g/mol. The van der Waals surface area contributed by atoms with Crippen molar-refractivity contribution in [1.82, 2.24) is 9.62 Å². The third-order valence-electron chi connectivity index (χ3n) is 4.92. The van der Waals surface area contributed by atoms with Crippen LogP contribution in [0.5, 0.6) is 5.75 Å². The summed E-state index contributed by atoms with van der Waals surface area (Å²) in [6.45, 7) is 1.83. The Morgan fingerprint density at radius 1 is 1.10 bits per heavy atom. The molecule has 1 heterocycles. The number of nitrogens with one attached hydrogen (secondary N) is 2. The van der Waals surface area contributed by atoms with Gasteiger partial charge in [-0.05, 0) is 49.2 Å². The summed E-state index contributed by atoms with van der Waals surface area (Å²) in [6.07, 6.45) is 3.73. The topological polar surface area (TPSA) is 70.7 Å². The lowest BCUT2D eigenvalue weighted by molar-refractivity contribution is 0.346. The van der Waals surface area contributed by atoms with Crippen LogP contribution in [0, 0.1) is 0 Å². The maximum absolute atomic E-state index is 12.9. The zero-order valence-electron chi connectivity index (χ0n) is 16.6. The van der Waals surface area contributed by atoms with Gasteiger partial charge in [-0.3, -0.25) is 0 Å². The molecule has 8 heteroatoms. The first-order valence-corrected chi connectivity index (χ1v) is 11.6. The van der Waals surface area contributed by atoms with E-state index in [0.29, 0.717) is 36.2 Å². The number of hydrogen-bond donors (Lipinski definition) is 2. The molecule has 1 aliphatic rings. The van der Waals surface area contributed by atoms with Crippen LogP contribution in [-0.2, 0) is 16.4 Å². The van der Waals surface area contributed by atoms with Gasteiger partial charge < -0.3 is 15.4 Å². The van der Waals surface area contributed by atoms with E-state index in [1.165, 1.54) is 12.7 Å². The highest BCUT2D eigenvalue weighted by molar-refractivity contribution is 7.89. The Morgan fingerprint density at radius 2 is 1.83 bits per heavy atom. The van der Waals surface area contributed by atoms with Crippen LogP contribution in [0.1, 0.15) is 24.8 Å². The number of thiocarbonyl (C=S) groups is 1. The zero-order valence-corrected chi connectivity index (χ0v) is 18.2. The van der Waals surface area contributed by atoms with Crippen LogP contribution < -0.4 is 15.4 Å². The molecule has 2 N–H and O–H groups in total. The summed E-state index contributed by atoms with van der Waals surface area (Å²) >= 11 is 5.36. The molecule has 0 atom stereocenters. The Hall–Kier alpha value is -2.16. The largest absolute Gasteiger partial charge is 0.495 e. The van der Waals surface area contributed by atoms with Gasteiger partial charge in [-0.15, -0.1) is 0 Å². The number of benzene rings is 2. The molecule has 1 aliphatic heterocycles. The zero-order chi connectivity index (χ0) is 20.7. The molecule has 1 saturated heterocycles. The number of rotatable bonds is 7. The highest BCUT2D eigenvalue weighted by Gasteiger charge is 2.26. The van der Waals surface area contributed by atoms with E-state index >= 15 is 0 Å². The van der Waals surface area contributed by atoms with Gasteiger partial charge >= 0.3 is 0 Å². The lowest BCUT2D eigenvalue weighted by Crippen LogP contribution is -2.35. The number of hydrogen-bond acceptors (Lipinski definition) is 4. The monoisotopic (exact) mass is 433 g/mol. The molecule has 0 saturated carbocycles. The summed E-state index contributed by atoms with van der Waals surface area (Å²) in [5, 5.41) is 6.72. The Kier molecular flexibility index (Phi) is 7.46. The lowest BCUT2D eigenvalue weighted by atomic mass is 10.1. The average Bonchev–Trinajstić information content (AvgIpc) is 2.75. The molecule has 1 fully saturated rings. The summed E-state index contributed by atoms with van der Waals surface area (Å²) < 4.78 is 32.7. The highest BCUT2D eigenvalue weighted by Crippen LogP contribution is 2.30. The van der Waals surface area contributed by atoms with Crippen LogP contribution >= 0.6 is 12.2 Å². The van der Waals surface area contributed by atoms with Gasteiger partial charge in [0.2, 0.25) is 10.0 Å². The summed E-state index contributed by atoms with van der Waals surface area (Å²) in [5.41, 5.74) is 1.86. The maximum Gasteiger partial charge on any atom is 0.243 e. The second kappa shape index (κ2) is 10.0. The number of ether oxygens (including phenoxy) is 1. The molecule has 0 unspecified atom stereocenters. The van der Waals surface area contributed by atoms with E-state index in [1.807, 2.05) is 18.2 Å². The smallest absolute Gasteiger partial charge is 0.243 e.